The molecule has 0 saturated heterocycles. The molecule has 0 aliphatic heterocycles. The number of H-pyrrole nitrogens is 1. The summed E-state index contributed by atoms with van der Waals surface area (Å²) in [6, 6.07) is 6.90. The van der Waals surface area contributed by atoms with Crippen LogP contribution in [0.25, 0.3) is 0 Å². The van der Waals surface area contributed by atoms with Crippen molar-refractivity contribution in [1.29, 1.82) is 0 Å². The van der Waals surface area contributed by atoms with Crippen molar-refractivity contribution in [2.24, 2.45) is 0 Å². The first-order chi connectivity index (χ1) is 9.97. The summed E-state index contributed by atoms with van der Waals surface area (Å²) in [7, 11) is -2.79. The van der Waals surface area contributed by atoms with E-state index in [9.17, 15) is 13.2 Å². The van der Waals surface area contributed by atoms with Crippen molar-refractivity contribution < 1.29 is 17.9 Å². The normalized spacial score (nSPS) is 11.1. The molecule has 0 unspecified atom stereocenters. The van der Waals surface area contributed by atoms with Crippen LogP contribution in [0.2, 0.25) is 0 Å². The summed E-state index contributed by atoms with van der Waals surface area (Å²) in [4.78, 5) is 12.4. The molecule has 0 radical (unpaired) electrons. The summed E-state index contributed by atoms with van der Waals surface area (Å²) in [5, 5.41) is 5.56. The number of aromatic nitrogens is 2. The van der Waals surface area contributed by atoms with Gasteiger partial charge in [0.25, 0.3) is 10.0 Å². The molecule has 0 atom stereocenters. The molecule has 0 saturated carbocycles. The van der Waals surface area contributed by atoms with E-state index in [2.05, 4.69) is 19.7 Å². The van der Waals surface area contributed by atoms with E-state index in [1.165, 1.54) is 18.9 Å². The Morgan fingerprint density at radius 1 is 1.43 bits per heavy atom. The molecule has 0 fully saturated rings. The highest BCUT2D eigenvalue weighted by Crippen LogP contribution is 2.22. The number of nitrogens with zero attached hydrogens (tertiary/aromatic N) is 1. The van der Waals surface area contributed by atoms with E-state index in [4.69, 9.17) is 0 Å². The Morgan fingerprint density at radius 3 is 2.86 bits per heavy atom. The lowest BCUT2D eigenvalue weighted by molar-refractivity contribution is 0.0596. The molecule has 0 aliphatic carbocycles. The van der Waals surface area contributed by atoms with Crippen LogP contribution < -0.4 is 4.72 Å². The fourth-order valence-electron chi connectivity index (χ4n) is 1.63. The topological polar surface area (TPSA) is 101 Å². The zero-order valence-corrected chi connectivity index (χ0v) is 12.9. The Kier molecular flexibility index (Phi) is 4.53. The summed E-state index contributed by atoms with van der Waals surface area (Å²) < 4.78 is 31.5. The number of aromatic amines is 1. The van der Waals surface area contributed by atoms with Crippen molar-refractivity contribution >= 4 is 33.4 Å². The Hall–Kier alpha value is -2.00. The minimum Gasteiger partial charge on any atom is -0.465 e. The van der Waals surface area contributed by atoms with E-state index in [-0.39, 0.29) is 10.6 Å². The summed E-state index contributed by atoms with van der Waals surface area (Å²) >= 11 is 1.49. The van der Waals surface area contributed by atoms with Gasteiger partial charge in [-0.05, 0) is 24.5 Å². The van der Waals surface area contributed by atoms with Crippen LogP contribution >= 0.6 is 11.8 Å². The summed E-state index contributed by atoms with van der Waals surface area (Å²) in [6.45, 7) is 0. The smallest absolute Gasteiger partial charge is 0.342 e. The minimum atomic E-state index is -3.96. The van der Waals surface area contributed by atoms with Crippen molar-refractivity contribution in [2.75, 3.05) is 18.1 Å². The van der Waals surface area contributed by atoms with Crippen LogP contribution in [0.1, 0.15) is 10.4 Å². The molecule has 1 aromatic carbocycles. The second kappa shape index (κ2) is 6.19. The number of benzene rings is 1. The third-order valence-corrected chi connectivity index (χ3v) is 4.68. The number of carbonyl (C=O) groups excluding carboxylic acids is 1. The number of hydrogen-bond donors (Lipinski definition) is 2. The van der Waals surface area contributed by atoms with Gasteiger partial charge < -0.3 is 4.74 Å². The van der Waals surface area contributed by atoms with E-state index < -0.39 is 16.0 Å². The maximum atomic E-state index is 12.3. The Morgan fingerprint density at radius 2 is 2.19 bits per heavy atom. The molecule has 1 heterocycles. The fraction of sp³-hybridized carbons (Fsp3) is 0.167. The zero-order valence-electron chi connectivity index (χ0n) is 11.3. The molecule has 112 valence electrons. The van der Waals surface area contributed by atoms with Crippen LogP contribution in [0.15, 0.2) is 40.4 Å². The average Bonchev–Trinajstić information content (AvgIpc) is 2.96. The summed E-state index contributed by atoms with van der Waals surface area (Å²) in [5.41, 5.74) is 0.248. The van der Waals surface area contributed by atoms with Gasteiger partial charge in [0.05, 0.1) is 13.3 Å². The first-order valence-electron chi connectivity index (χ1n) is 5.76. The van der Waals surface area contributed by atoms with Crippen molar-refractivity contribution in [3.05, 3.63) is 36.0 Å². The molecule has 0 amide bonds. The predicted molar refractivity (Wildman–Crippen MR) is 79.0 cm³/mol. The number of sulfonamides is 1. The van der Waals surface area contributed by atoms with Crippen LogP contribution in [0.4, 0.5) is 5.69 Å². The van der Waals surface area contributed by atoms with Gasteiger partial charge in [0.2, 0.25) is 0 Å². The molecule has 0 aliphatic rings. The lowest BCUT2D eigenvalue weighted by atomic mass is 10.3. The quantitative estimate of drug-likeness (QED) is 0.640. The third kappa shape index (κ3) is 3.37. The van der Waals surface area contributed by atoms with Gasteiger partial charge >= 0.3 is 5.97 Å². The maximum Gasteiger partial charge on any atom is 0.342 e. The van der Waals surface area contributed by atoms with E-state index in [0.29, 0.717) is 5.69 Å². The van der Waals surface area contributed by atoms with E-state index in [1.807, 2.05) is 12.3 Å². The summed E-state index contributed by atoms with van der Waals surface area (Å²) in [6.07, 6.45) is 3.00. The third-order valence-electron chi connectivity index (χ3n) is 2.60. The lowest BCUT2D eigenvalue weighted by Crippen LogP contribution is -2.17. The molecule has 2 N–H and O–H groups in total. The molecule has 9 heteroatoms. The zero-order chi connectivity index (χ0) is 15.5. The SMILES string of the molecule is COC(=O)c1cn[nH]c1S(=O)(=O)Nc1cccc(SC)c1. The number of nitrogens with one attached hydrogen (secondary N) is 2. The molecule has 21 heavy (non-hydrogen) atoms. The maximum absolute atomic E-state index is 12.3. The number of anilines is 1. The second-order valence-electron chi connectivity index (χ2n) is 3.94. The van der Waals surface area contributed by atoms with Gasteiger partial charge in [0.15, 0.2) is 5.03 Å². The van der Waals surface area contributed by atoms with Gasteiger partial charge in [-0.25, -0.2) is 4.79 Å². The molecule has 2 aromatic rings. The van der Waals surface area contributed by atoms with Crippen LogP contribution in [0, 0.1) is 0 Å². The molecule has 0 bridgehead atoms. The highest BCUT2D eigenvalue weighted by Gasteiger charge is 2.25. The number of carbonyl (C=O) groups is 1. The van der Waals surface area contributed by atoms with E-state index >= 15 is 0 Å². The van der Waals surface area contributed by atoms with Gasteiger partial charge in [0.1, 0.15) is 5.56 Å². The van der Waals surface area contributed by atoms with Gasteiger partial charge in [-0.15, -0.1) is 11.8 Å². The number of hydrogen-bond acceptors (Lipinski definition) is 6. The van der Waals surface area contributed by atoms with Crippen molar-refractivity contribution in [1.82, 2.24) is 10.2 Å². The van der Waals surface area contributed by atoms with Gasteiger partial charge in [-0.3, -0.25) is 9.82 Å². The first kappa shape index (κ1) is 15.4. The molecule has 1 aromatic heterocycles. The van der Waals surface area contributed by atoms with Crippen molar-refractivity contribution in [3.63, 3.8) is 0 Å². The molecule has 2 rings (SSSR count). The number of esters is 1. The average molecular weight is 327 g/mol. The number of rotatable bonds is 5. The molecule has 7 nitrogen and oxygen atoms in total. The van der Waals surface area contributed by atoms with Crippen molar-refractivity contribution in [3.8, 4) is 0 Å². The molecular weight excluding hydrogens is 314 g/mol. The molecule has 0 spiro atoms. The van der Waals surface area contributed by atoms with E-state index in [1.54, 1.807) is 18.2 Å². The first-order valence-corrected chi connectivity index (χ1v) is 8.47. The second-order valence-corrected chi connectivity index (χ2v) is 6.44. The Bertz CT molecular complexity index is 755. The van der Waals surface area contributed by atoms with Crippen LogP contribution in [0.3, 0.4) is 0 Å². The largest absolute Gasteiger partial charge is 0.465 e. The van der Waals surface area contributed by atoms with Crippen LogP contribution in [0.5, 0.6) is 0 Å². The van der Waals surface area contributed by atoms with Crippen LogP contribution in [-0.2, 0) is 14.8 Å². The van der Waals surface area contributed by atoms with Gasteiger partial charge in [-0.1, -0.05) is 6.07 Å². The highest BCUT2D eigenvalue weighted by molar-refractivity contribution is 7.98. The number of thioether (sulfide) groups is 1. The standard InChI is InChI=1S/C12H13N3O4S2/c1-19-12(16)10-7-13-14-11(10)21(17,18)15-8-4-3-5-9(6-8)20-2/h3-7,15H,1-2H3,(H,13,14). The monoisotopic (exact) mass is 327 g/mol. The van der Waals surface area contributed by atoms with Crippen molar-refractivity contribution in [2.45, 2.75) is 9.92 Å². The van der Waals surface area contributed by atoms with E-state index in [0.717, 1.165) is 11.1 Å². The Labute approximate surface area is 126 Å². The predicted octanol–water partition coefficient (Wildman–Crippen LogP) is 1.72. The lowest BCUT2D eigenvalue weighted by Gasteiger charge is -2.08. The Balaban J connectivity index is 2.34. The number of ether oxygens (including phenoxy) is 1. The van der Waals surface area contributed by atoms with Gasteiger partial charge in [-0.2, -0.15) is 13.5 Å². The summed E-state index contributed by atoms with van der Waals surface area (Å²) in [5.74, 6) is -0.776. The van der Waals surface area contributed by atoms with Crippen LogP contribution in [-0.4, -0.2) is 38.0 Å². The number of methoxy groups -OCH3 is 1. The fourth-order valence-corrected chi connectivity index (χ4v) is 3.22. The van der Waals surface area contributed by atoms with Gasteiger partial charge in [0, 0.05) is 10.6 Å². The minimum absolute atomic E-state index is 0.147. The molecular formula is C12H13N3O4S2. The highest BCUT2D eigenvalue weighted by atomic mass is 32.2.